The Hall–Kier alpha value is -3.47. The molecule has 1 aliphatic carbocycles. The highest BCUT2D eigenvalue weighted by atomic mass is 16.5. The molecule has 0 aromatic heterocycles. The second-order valence-corrected chi connectivity index (χ2v) is 7.04. The number of para-hydroxylation sites is 1. The Bertz CT molecular complexity index is 1110. The van der Waals surface area contributed by atoms with E-state index in [0.717, 1.165) is 11.3 Å². The number of hydrogen-bond donors (Lipinski definition) is 0. The minimum absolute atomic E-state index is 0.172. The second-order valence-electron chi connectivity index (χ2n) is 7.04. The molecule has 0 saturated heterocycles. The van der Waals surface area contributed by atoms with Crippen molar-refractivity contribution >= 4 is 0 Å². The molecular formula is C23H21N3O2. The molecule has 2 aliphatic rings. The molecule has 0 fully saturated rings. The van der Waals surface area contributed by atoms with Crippen LogP contribution in [-0.4, -0.2) is 21.4 Å². The molecule has 0 spiro atoms. The highest BCUT2D eigenvalue weighted by Gasteiger charge is 2.18. The predicted octanol–water partition coefficient (Wildman–Crippen LogP) is 4.43. The largest absolute Gasteiger partial charge is 0.489 e. The predicted molar refractivity (Wildman–Crippen MR) is 110 cm³/mol. The Balaban J connectivity index is 1.93. The minimum Gasteiger partial charge on any atom is -0.489 e. The molecule has 0 amide bonds. The molecule has 0 atom stereocenters. The monoisotopic (exact) mass is 371 g/mol. The Morgan fingerprint density at radius 3 is 2.32 bits per heavy atom. The van der Waals surface area contributed by atoms with Crippen molar-refractivity contribution in [2.24, 2.45) is 5.92 Å². The maximum Gasteiger partial charge on any atom is 0.222 e. The molecule has 140 valence electrons. The average molecular weight is 371 g/mol. The zero-order chi connectivity index (χ0) is 19.5. The van der Waals surface area contributed by atoms with E-state index in [0.29, 0.717) is 35.5 Å². The number of fused-ring (bicyclic) bond motifs is 1. The first-order valence-electron chi connectivity index (χ1n) is 9.30. The summed E-state index contributed by atoms with van der Waals surface area (Å²) in [6.45, 7) is 4.57. The van der Waals surface area contributed by atoms with Gasteiger partial charge in [0.05, 0.1) is 23.7 Å². The van der Waals surface area contributed by atoms with Gasteiger partial charge >= 0.3 is 0 Å². The van der Waals surface area contributed by atoms with Gasteiger partial charge in [0.2, 0.25) is 5.43 Å². The van der Waals surface area contributed by atoms with Crippen LogP contribution < -0.4 is 10.2 Å². The van der Waals surface area contributed by atoms with Crippen LogP contribution in [0.2, 0.25) is 0 Å². The molecule has 2 aromatic carbocycles. The van der Waals surface area contributed by atoms with Gasteiger partial charge in [-0.1, -0.05) is 62.4 Å². The summed E-state index contributed by atoms with van der Waals surface area (Å²) in [7, 11) is 0. The molecule has 0 radical (unpaired) electrons. The third-order valence-electron chi connectivity index (χ3n) is 4.30. The van der Waals surface area contributed by atoms with E-state index in [-0.39, 0.29) is 5.43 Å². The Morgan fingerprint density at radius 2 is 1.64 bits per heavy atom. The number of ether oxygens (including phenoxy) is 1. The van der Waals surface area contributed by atoms with E-state index in [1.54, 1.807) is 16.8 Å². The van der Waals surface area contributed by atoms with E-state index < -0.39 is 0 Å². The normalized spacial score (nSPS) is 11.1. The van der Waals surface area contributed by atoms with Crippen LogP contribution >= 0.6 is 0 Å². The lowest BCUT2D eigenvalue weighted by Gasteiger charge is -2.17. The van der Waals surface area contributed by atoms with E-state index in [9.17, 15) is 4.79 Å². The summed E-state index contributed by atoms with van der Waals surface area (Å²) in [5.41, 5.74) is 2.91. The van der Waals surface area contributed by atoms with Gasteiger partial charge in [0, 0.05) is 17.7 Å². The molecule has 2 aromatic rings. The molecule has 0 N–H and O–H groups in total. The van der Waals surface area contributed by atoms with Gasteiger partial charge in [-0.25, -0.2) is 9.67 Å². The first-order valence-corrected chi connectivity index (χ1v) is 9.30. The number of hydrogen-bond acceptors (Lipinski definition) is 4. The molecule has 5 heteroatoms. The third-order valence-corrected chi connectivity index (χ3v) is 4.30. The highest BCUT2D eigenvalue weighted by Crippen LogP contribution is 2.27. The van der Waals surface area contributed by atoms with Gasteiger partial charge in [-0.3, -0.25) is 4.79 Å². The quantitative estimate of drug-likeness (QED) is 0.521. The fourth-order valence-corrected chi connectivity index (χ4v) is 2.93. The van der Waals surface area contributed by atoms with E-state index >= 15 is 0 Å². The smallest absolute Gasteiger partial charge is 0.222 e. The topological polar surface area (TPSA) is 57.0 Å². The zero-order valence-electron chi connectivity index (χ0n) is 15.9. The summed E-state index contributed by atoms with van der Waals surface area (Å²) in [6, 6.07) is 22.8. The van der Waals surface area contributed by atoms with Crippen LogP contribution in [0.4, 0.5) is 0 Å². The van der Waals surface area contributed by atoms with Crippen molar-refractivity contribution in [2.45, 2.75) is 13.8 Å². The van der Waals surface area contributed by atoms with Gasteiger partial charge in [0.25, 0.3) is 0 Å². The maximum absolute atomic E-state index is 12.6. The number of rotatable bonds is 5. The van der Waals surface area contributed by atoms with Crippen molar-refractivity contribution in [3.8, 4) is 34.2 Å². The molecule has 5 nitrogen and oxygen atoms in total. The third kappa shape index (κ3) is 3.64. The maximum atomic E-state index is 12.6. The van der Waals surface area contributed by atoms with E-state index in [2.05, 4.69) is 0 Å². The van der Waals surface area contributed by atoms with Gasteiger partial charge < -0.3 is 4.74 Å². The van der Waals surface area contributed by atoms with Crippen LogP contribution in [0.25, 0.3) is 28.5 Å². The SMILES string of the molecule is CC(C)COc1cc2nc(-c3ccccc3)nn(-c3ccccc3)c-2cc1=O. The first-order chi connectivity index (χ1) is 13.6. The molecule has 4 rings (SSSR count). The standard InChI is InChI=1S/C23H21N3O2/c1-16(2)15-28-22-13-19-20(14-21(22)27)26(18-11-7-4-8-12-18)25-23(24-19)17-9-5-3-6-10-17/h3-14,16H,15H2,1-2H3. The molecule has 1 heterocycles. The summed E-state index contributed by atoms with van der Waals surface area (Å²) >= 11 is 0. The number of nitrogens with zero attached hydrogens (tertiary/aromatic N) is 3. The molecule has 1 aliphatic heterocycles. The van der Waals surface area contributed by atoms with E-state index in [4.69, 9.17) is 14.8 Å². The first kappa shape index (κ1) is 17.9. The summed E-state index contributed by atoms with van der Waals surface area (Å²) in [6.07, 6.45) is 0. The van der Waals surface area contributed by atoms with Crippen LogP contribution in [0.3, 0.4) is 0 Å². The second kappa shape index (κ2) is 7.64. The molecular weight excluding hydrogens is 350 g/mol. The van der Waals surface area contributed by atoms with Gasteiger partial charge in [-0.05, 0) is 18.1 Å². The molecule has 0 unspecified atom stereocenters. The number of benzene rings is 3. The summed E-state index contributed by atoms with van der Waals surface area (Å²) < 4.78 is 7.48. The van der Waals surface area contributed by atoms with Crippen LogP contribution in [-0.2, 0) is 0 Å². The highest BCUT2D eigenvalue weighted by molar-refractivity contribution is 5.65. The van der Waals surface area contributed by atoms with Gasteiger partial charge in [0.1, 0.15) is 0 Å². The summed E-state index contributed by atoms with van der Waals surface area (Å²) in [4.78, 5) is 17.3. The van der Waals surface area contributed by atoms with E-state index in [1.165, 1.54) is 0 Å². The Morgan fingerprint density at radius 1 is 0.964 bits per heavy atom. The van der Waals surface area contributed by atoms with Gasteiger partial charge in [0.15, 0.2) is 11.6 Å². The Labute approximate surface area is 163 Å². The minimum atomic E-state index is -0.172. The molecule has 28 heavy (non-hydrogen) atoms. The zero-order valence-corrected chi connectivity index (χ0v) is 15.9. The Kier molecular flexibility index (Phi) is 4.89. The van der Waals surface area contributed by atoms with Crippen molar-refractivity contribution in [1.82, 2.24) is 14.8 Å². The van der Waals surface area contributed by atoms with Crippen LogP contribution in [0.5, 0.6) is 5.75 Å². The summed E-state index contributed by atoms with van der Waals surface area (Å²) in [5, 5.41) is 4.71. The lowest BCUT2D eigenvalue weighted by molar-refractivity contribution is 0.269. The van der Waals surface area contributed by atoms with Crippen molar-refractivity contribution in [3.05, 3.63) is 83.0 Å². The van der Waals surface area contributed by atoms with E-state index in [1.807, 2.05) is 74.5 Å². The lowest BCUT2D eigenvalue weighted by atomic mass is 10.1. The fraction of sp³-hybridized carbons (Fsp3) is 0.174. The van der Waals surface area contributed by atoms with Crippen LogP contribution in [0, 0.1) is 5.92 Å². The van der Waals surface area contributed by atoms with Crippen molar-refractivity contribution < 1.29 is 4.74 Å². The van der Waals surface area contributed by atoms with Crippen molar-refractivity contribution in [2.75, 3.05) is 6.61 Å². The average Bonchev–Trinajstić information content (AvgIpc) is 2.73. The van der Waals surface area contributed by atoms with Crippen molar-refractivity contribution in [1.29, 1.82) is 0 Å². The molecule has 0 bridgehead atoms. The molecule has 0 saturated carbocycles. The lowest BCUT2D eigenvalue weighted by Crippen LogP contribution is -2.16. The van der Waals surface area contributed by atoms with Gasteiger partial charge in [-0.15, -0.1) is 5.10 Å². The van der Waals surface area contributed by atoms with Gasteiger partial charge in [-0.2, -0.15) is 0 Å². The van der Waals surface area contributed by atoms with Crippen LogP contribution in [0.1, 0.15) is 13.8 Å². The number of aromatic nitrogens is 3. The van der Waals surface area contributed by atoms with Crippen molar-refractivity contribution in [3.63, 3.8) is 0 Å². The van der Waals surface area contributed by atoms with Crippen LogP contribution in [0.15, 0.2) is 77.6 Å². The fourth-order valence-electron chi connectivity index (χ4n) is 2.93. The summed E-state index contributed by atoms with van der Waals surface area (Å²) in [5.74, 6) is 1.23.